The van der Waals surface area contributed by atoms with E-state index in [1.165, 1.54) is 5.56 Å². The second-order valence-electron chi connectivity index (χ2n) is 2.42. The quantitative estimate of drug-likeness (QED) is 0.198. The summed E-state index contributed by atoms with van der Waals surface area (Å²) in [6.07, 6.45) is 0. The van der Waals surface area contributed by atoms with Crippen molar-refractivity contribution >= 4 is 11.7 Å². The van der Waals surface area contributed by atoms with Gasteiger partial charge in [0, 0.05) is 5.69 Å². The Balaban J connectivity index is 0.000000252. The maximum atomic E-state index is 9.35. The largest absolute Gasteiger partial charge is 0.399 e. The number of carbonyl (C=O) groups is 1. The summed E-state index contributed by atoms with van der Waals surface area (Å²) in [5.41, 5.74) is 13.6. The molecular formula is C8H14N4O. The highest BCUT2D eigenvalue weighted by molar-refractivity contribution is 5.70. The van der Waals surface area contributed by atoms with Crippen molar-refractivity contribution in [3.8, 4) is 0 Å². The molecule has 5 nitrogen and oxygen atoms in total. The van der Waals surface area contributed by atoms with E-state index in [4.69, 9.17) is 5.73 Å². The molecular weight excluding hydrogens is 168 g/mol. The number of hydrogen-bond donors (Lipinski definition) is 4. The first kappa shape index (κ1) is 11.2. The highest BCUT2D eigenvalue weighted by Gasteiger charge is 1.81. The van der Waals surface area contributed by atoms with Gasteiger partial charge in [0.2, 0.25) is 0 Å². The molecule has 0 aliphatic carbocycles. The zero-order valence-electron chi connectivity index (χ0n) is 7.45. The van der Waals surface area contributed by atoms with E-state index >= 15 is 0 Å². The average Bonchev–Trinajstić information content (AvgIpc) is 2.05. The number of benzene rings is 1. The molecule has 1 aromatic rings. The van der Waals surface area contributed by atoms with Gasteiger partial charge in [-0.05, 0) is 24.6 Å². The van der Waals surface area contributed by atoms with Crippen LogP contribution in [0, 0.1) is 6.92 Å². The zero-order valence-corrected chi connectivity index (χ0v) is 7.45. The van der Waals surface area contributed by atoms with Crippen LogP contribution < -0.4 is 22.7 Å². The van der Waals surface area contributed by atoms with Crippen LogP contribution in [0.25, 0.3) is 0 Å². The second-order valence-corrected chi connectivity index (χ2v) is 2.42. The van der Waals surface area contributed by atoms with Crippen LogP contribution in [0.1, 0.15) is 5.56 Å². The van der Waals surface area contributed by atoms with Crippen LogP contribution in [0.4, 0.5) is 10.5 Å². The monoisotopic (exact) mass is 182 g/mol. The highest BCUT2D eigenvalue weighted by atomic mass is 16.2. The fraction of sp³-hybridized carbons (Fsp3) is 0.125. The number of nitrogens with one attached hydrogen (secondary N) is 1. The van der Waals surface area contributed by atoms with Crippen molar-refractivity contribution < 1.29 is 4.79 Å². The summed E-state index contributed by atoms with van der Waals surface area (Å²) < 4.78 is 0. The number of urea groups is 1. The van der Waals surface area contributed by atoms with Crippen LogP contribution in [0.3, 0.4) is 0 Å². The van der Waals surface area contributed by atoms with E-state index < -0.39 is 6.03 Å². The number of aryl methyl sites for hydroxylation is 1. The third-order valence-electron chi connectivity index (χ3n) is 1.18. The van der Waals surface area contributed by atoms with Crippen LogP contribution in [0.2, 0.25) is 0 Å². The Bertz CT molecular complexity index is 257. The van der Waals surface area contributed by atoms with E-state index in [1.54, 1.807) is 5.43 Å². The molecule has 1 aromatic carbocycles. The topological polar surface area (TPSA) is 107 Å². The number of nitrogens with two attached hydrogens (primary N) is 3. The second kappa shape index (κ2) is 5.84. The van der Waals surface area contributed by atoms with Gasteiger partial charge in [0.15, 0.2) is 0 Å². The van der Waals surface area contributed by atoms with Crippen LogP contribution in [0.5, 0.6) is 0 Å². The smallest absolute Gasteiger partial charge is 0.326 e. The summed E-state index contributed by atoms with van der Waals surface area (Å²) in [5.74, 6) is 4.45. The van der Waals surface area contributed by atoms with E-state index in [9.17, 15) is 4.79 Å². The first-order valence-corrected chi connectivity index (χ1v) is 3.64. The fourth-order valence-electron chi connectivity index (χ4n) is 0.670. The summed E-state index contributed by atoms with van der Waals surface area (Å²) in [6, 6.07) is 7.08. The van der Waals surface area contributed by atoms with Gasteiger partial charge >= 0.3 is 6.03 Å². The molecule has 0 heterocycles. The molecule has 0 fully saturated rings. The predicted octanol–water partition coefficient (Wildman–Crippen LogP) is 0.106. The Morgan fingerprint density at radius 3 is 2.23 bits per heavy atom. The lowest BCUT2D eigenvalue weighted by Gasteiger charge is -1.91. The first-order valence-electron chi connectivity index (χ1n) is 3.64. The van der Waals surface area contributed by atoms with Crippen molar-refractivity contribution in [3.05, 3.63) is 29.8 Å². The molecule has 2 amide bonds. The number of carbonyl (C=O) groups excluding carboxylic acids is 1. The number of nitrogen functional groups attached to an aromatic ring is 1. The highest BCUT2D eigenvalue weighted by Crippen LogP contribution is 2.03. The van der Waals surface area contributed by atoms with Gasteiger partial charge in [0.25, 0.3) is 0 Å². The maximum absolute atomic E-state index is 9.35. The van der Waals surface area contributed by atoms with Crippen LogP contribution in [-0.2, 0) is 0 Å². The molecule has 0 aliphatic rings. The molecule has 0 atom stereocenters. The Labute approximate surface area is 76.9 Å². The maximum Gasteiger partial charge on any atom is 0.326 e. The lowest BCUT2D eigenvalue weighted by Crippen LogP contribution is -2.34. The van der Waals surface area contributed by atoms with E-state index in [-0.39, 0.29) is 0 Å². The lowest BCUT2D eigenvalue weighted by molar-refractivity contribution is 0.249. The fourth-order valence-corrected chi connectivity index (χ4v) is 0.670. The molecule has 72 valence electrons. The van der Waals surface area contributed by atoms with E-state index in [1.807, 2.05) is 31.2 Å². The Morgan fingerprint density at radius 2 is 2.00 bits per heavy atom. The van der Waals surface area contributed by atoms with Gasteiger partial charge in [-0.3, -0.25) is 5.43 Å². The van der Waals surface area contributed by atoms with Crippen molar-refractivity contribution in [1.82, 2.24) is 5.43 Å². The molecule has 0 spiro atoms. The summed E-state index contributed by atoms with van der Waals surface area (Å²) in [7, 11) is 0. The van der Waals surface area contributed by atoms with Crippen molar-refractivity contribution in [2.45, 2.75) is 6.92 Å². The van der Waals surface area contributed by atoms with Gasteiger partial charge in [-0.2, -0.15) is 0 Å². The number of hydrazine groups is 1. The Hall–Kier alpha value is -1.75. The lowest BCUT2D eigenvalue weighted by atomic mass is 10.2. The summed E-state index contributed by atoms with van der Waals surface area (Å²) in [4.78, 5) is 9.35. The molecule has 0 saturated heterocycles. The minimum absolute atomic E-state index is 0.718. The van der Waals surface area contributed by atoms with Crippen molar-refractivity contribution in [2.75, 3.05) is 5.73 Å². The molecule has 0 unspecified atom stereocenters. The molecule has 0 bridgehead atoms. The third-order valence-corrected chi connectivity index (χ3v) is 1.18. The van der Waals surface area contributed by atoms with Crippen molar-refractivity contribution in [1.29, 1.82) is 0 Å². The molecule has 1 rings (SSSR count). The number of anilines is 1. The molecule has 7 N–H and O–H groups in total. The van der Waals surface area contributed by atoms with Gasteiger partial charge in [-0.15, -0.1) is 0 Å². The minimum Gasteiger partial charge on any atom is -0.399 e. The zero-order chi connectivity index (χ0) is 10.3. The Kier molecular flexibility index (Phi) is 5.06. The molecule has 0 aromatic heterocycles. The molecule has 0 aliphatic heterocycles. The van der Waals surface area contributed by atoms with Crippen LogP contribution in [0.15, 0.2) is 24.3 Å². The molecule has 5 heteroatoms. The Morgan fingerprint density at radius 1 is 1.46 bits per heavy atom. The normalized spacial score (nSPS) is 8.15. The standard InChI is InChI=1S/C7H9N.CH5N3O/c1-6-3-2-4-7(8)5-6;2-1(5)4-3/h2-5H,8H2,1H3;3H2,(H3,2,4,5). The minimum atomic E-state index is -0.718. The number of hydrogen-bond acceptors (Lipinski definition) is 3. The third kappa shape index (κ3) is 6.64. The average molecular weight is 182 g/mol. The number of primary amides is 1. The first-order chi connectivity index (χ1) is 6.06. The van der Waals surface area contributed by atoms with E-state index in [2.05, 4.69) is 11.6 Å². The number of amides is 2. The SMILES string of the molecule is Cc1cccc(N)c1.NNC(N)=O. The molecule has 0 radical (unpaired) electrons. The molecule has 0 saturated carbocycles. The van der Waals surface area contributed by atoms with Gasteiger partial charge in [-0.25, -0.2) is 10.6 Å². The summed E-state index contributed by atoms with van der Waals surface area (Å²) in [5, 5.41) is 0. The predicted molar refractivity (Wildman–Crippen MR) is 52.5 cm³/mol. The van der Waals surface area contributed by atoms with Gasteiger partial charge in [-0.1, -0.05) is 12.1 Å². The van der Waals surface area contributed by atoms with Gasteiger partial charge in [0.1, 0.15) is 0 Å². The van der Waals surface area contributed by atoms with Crippen LogP contribution >= 0.6 is 0 Å². The van der Waals surface area contributed by atoms with Gasteiger partial charge in [0.05, 0.1) is 0 Å². The van der Waals surface area contributed by atoms with Gasteiger partial charge < -0.3 is 11.5 Å². The van der Waals surface area contributed by atoms with E-state index in [0.717, 1.165) is 5.69 Å². The summed E-state index contributed by atoms with van der Waals surface area (Å²) >= 11 is 0. The number of rotatable bonds is 0. The van der Waals surface area contributed by atoms with Crippen molar-refractivity contribution in [2.24, 2.45) is 11.6 Å². The van der Waals surface area contributed by atoms with Crippen molar-refractivity contribution in [3.63, 3.8) is 0 Å². The van der Waals surface area contributed by atoms with E-state index in [0.29, 0.717) is 0 Å². The summed E-state index contributed by atoms with van der Waals surface area (Å²) in [6.45, 7) is 2.02. The van der Waals surface area contributed by atoms with Crippen LogP contribution in [-0.4, -0.2) is 6.03 Å². The molecule has 13 heavy (non-hydrogen) atoms.